The van der Waals surface area contributed by atoms with Crippen LogP contribution in [0.25, 0.3) is 11.0 Å². The van der Waals surface area contributed by atoms with Gasteiger partial charge in [0.05, 0.1) is 17.6 Å². The molecule has 4 rings (SSSR count). The van der Waals surface area contributed by atoms with Crippen molar-refractivity contribution in [2.45, 2.75) is 51.0 Å². The number of carbonyl (C=O) groups excluding carboxylic acids is 1. The Balaban J connectivity index is 1.88. The zero-order chi connectivity index (χ0) is 14.6. The van der Waals surface area contributed by atoms with Crippen molar-refractivity contribution in [2.75, 3.05) is 6.61 Å². The predicted molar refractivity (Wildman–Crippen MR) is 80.3 cm³/mol. The average Bonchev–Trinajstić information content (AvgIpc) is 3.36. The molecule has 1 aromatic carbocycles. The number of benzene rings is 1. The van der Waals surface area contributed by atoms with Crippen LogP contribution in [0.1, 0.15) is 50.0 Å². The quantitative estimate of drug-likeness (QED) is 0.809. The summed E-state index contributed by atoms with van der Waals surface area (Å²) < 4.78 is 7.61. The van der Waals surface area contributed by atoms with Crippen molar-refractivity contribution in [2.24, 2.45) is 0 Å². The summed E-state index contributed by atoms with van der Waals surface area (Å²) in [6.45, 7) is 4.37. The molecule has 21 heavy (non-hydrogen) atoms. The molecule has 1 heterocycles. The van der Waals surface area contributed by atoms with E-state index in [4.69, 9.17) is 9.72 Å². The predicted octanol–water partition coefficient (Wildman–Crippen LogP) is 3.27. The van der Waals surface area contributed by atoms with Crippen LogP contribution in [0.15, 0.2) is 18.2 Å². The molecule has 2 fully saturated rings. The van der Waals surface area contributed by atoms with E-state index >= 15 is 0 Å². The van der Waals surface area contributed by atoms with Gasteiger partial charge < -0.3 is 9.30 Å². The van der Waals surface area contributed by atoms with Gasteiger partial charge in [-0.2, -0.15) is 0 Å². The van der Waals surface area contributed by atoms with Crippen molar-refractivity contribution in [1.29, 1.82) is 0 Å². The van der Waals surface area contributed by atoms with Crippen LogP contribution >= 0.6 is 0 Å². The van der Waals surface area contributed by atoms with Gasteiger partial charge in [0, 0.05) is 6.04 Å². The lowest BCUT2D eigenvalue weighted by Crippen LogP contribution is -2.27. The van der Waals surface area contributed by atoms with Crippen LogP contribution in [0, 0.1) is 6.92 Å². The number of aromatic nitrogens is 2. The third kappa shape index (κ3) is 1.88. The van der Waals surface area contributed by atoms with Crippen LogP contribution in [0.2, 0.25) is 0 Å². The first-order valence-electron chi connectivity index (χ1n) is 7.82. The molecule has 0 bridgehead atoms. The monoisotopic (exact) mass is 284 g/mol. The molecule has 0 amide bonds. The van der Waals surface area contributed by atoms with E-state index in [0.717, 1.165) is 29.7 Å². The van der Waals surface area contributed by atoms with E-state index in [1.54, 1.807) is 0 Å². The van der Waals surface area contributed by atoms with Gasteiger partial charge in [-0.15, -0.1) is 0 Å². The van der Waals surface area contributed by atoms with Crippen LogP contribution in [0.4, 0.5) is 0 Å². The van der Waals surface area contributed by atoms with Crippen LogP contribution in [-0.4, -0.2) is 22.1 Å². The minimum absolute atomic E-state index is 0.0982. The second-order valence-corrected chi connectivity index (χ2v) is 6.33. The Morgan fingerprint density at radius 3 is 2.81 bits per heavy atom. The van der Waals surface area contributed by atoms with Crippen LogP contribution in [-0.2, 0) is 14.9 Å². The first-order valence-corrected chi connectivity index (χ1v) is 7.82. The summed E-state index contributed by atoms with van der Waals surface area (Å²) in [5, 5.41) is 0. The first-order chi connectivity index (χ1) is 10.2. The Morgan fingerprint density at radius 1 is 1.43 bits per heavy atom. The smallest absolute Gasteiger partial charge is 0.319 e. The number of rotatable bonds is 4. The third-order valence-electron chi connectivity index (χ3n) is 4.60. The molecule has 1 aromatic heterocycles. The van der Waals surface area contributed by atoms with Crippen molar-refractivity contribution in [1.82, 2.24) is 9.55 Å². The van der Waals surface area contributed by atoms with Crippen molar-refractivity contribution < 1.29 is 9.53 Å². The normalized spacial score (nSPS) is 19.7. The molecule has 4 nitrogen and oxygen atoms in total. The summed E-state index contributed by atoms with van der Waals surface area (Å²) >= 11 is 0. The van der Waals surface area contributed by atoms with E-state index in [-0.39, 0.29) is 5.97 Å². The Bertz CT molecular complexity index is 724. The average molecular weight is 284 g/mol. The van der Waals surface area contributed by atoms with E-state index < -0.39 is 5.41 Å². The fourth-order valence-electron chi connectivity index (χ4n) is 3.16. The van der Waals surface area contributed by atoms with Crippen LogP contribution in [0.5, 0.6) is 0 Å². The summed E-state index contributed by atoms with van der Waals surface area (Å²) in [4.78, 5) is 17.2. The second-order valence-electron chi connectivity index (χ2n) is 6.33. The molecule has 2 aliphatic rings. The standard InChI is InChI=1S/C17H20N2O2/c1-3-21-16(20)17(8-9-17)15-18-13-10-11(2)4-7-14(13)19(15)12-5-6-12/h4,7,10,12H,3,5-6,8-9H2,1-2H3. The van der Waals surface area contributed by atoms with Gasteiger partial charge in [-0.05, 0) is 57.2 Å². The molecule has 0 spiro atoms. The SMILES string of the molecule is CCOC(=O)C1(c2nc3cc(C)ccc3n2C2CC2)CC1. The first kappa shape index (κ1) is 12.9. The Hall–Kier alpha value is -1.84. The molecule has 2 saturated carbocycles. The highest BCUT2D eigenvalue weighted by molar-refractivity contribution is 5.88. The van der Waals surface area contributed by atoms with E-state index in [2.05, 4.69) is 29.7 Å². The van der Waals surface area contributed by atoms with Gasteiger partial charge in [0.2, 0.25) is 0 Å². The van der Waals surface area contributed by atoms with Crippen LogP contribution < -0.4 is 0 Å². The maximum absolute atomic E-state index is 12.4. The van der Waals surface area contributed by atoms with Gasteiger partial charge in [0.25, 0.3) is 0 Å². The summed E-state index contributed by atoms with van der Waals surface area (Å²) in [6, 6.07) is 6.88. The fourth-order valence-corrected chi connectivity index (χ4v) is 3.16. The molecule has 110 valence electrons. The lowest BCUT2D eigenvalue weighted by molar-refractivity contribution is -0.146. The van der Waals surface area contributed by atoms with Gasteiger partial charge in [0.1, 0.15) is 11.2 Å². The highest BCUT2D eigenvalue weighted by atomic mass is 16.5. The molecule has 0 radical (unpaired) electrons. The maximum Gasteiger partial charge on any atom is 0.319 e. The highest BCUT2D eigenvalue weighted by Crippen LogP contribution is 2.52. The number of hydrogen-bond donors (Lipinski definition) is 0. The second kappa shape index (κ2) is 4.33. The zero-order valence-corrected chi connectivity index (χ0v) is 12.6. The number of esters is 1. The third-order valence-corrected chi connectivity index (χ3v) is 4.60. The van der Waals surface area contributed by atoms with Crippen LogP contribution in [0.3, 0.4) is 0 Å². The largest absolute Gasteiger partial charge is 0.465 e. The lowest BCUT2D eigenvalue weighted by atomic mass is 10.1. The molecule has 0 atom stereocenters. The molecular weight excluding hydrogens is 264 g/mol. The summed E-state index contributed by atoms with van der Waals surface area (Å²) in [5.74, 6) is 0.836. The number of nitrogens with zero attached hydrogens (tertiary/aromatic N) is 2. The summed E-state index contributed by atoms with van der Waals surface area (Å²) in [5.41, 5.74) is 2.89. The van der Waals surface area contributed by atoms with Gasteiger partial charge in [0.15, 0.2) is 0 Å². The minimum Gasteiger partial charge on any atom is -0.465 e. The van der Waals surface area contributed by atoms with E-state index in [1.807, 2.05) is 6.92 Å². The molecule has 2 aliphatic carbocycles. The zero-order valence-electron chi connectivity index (χ0n) is 12.6. The van der Waals surface area contributed by atoms with Gasteiger partial charge in [-0.25, -0.2) is 4.98 Å². The number of carbonyl (C=O) groups is 1. The summed E-state index contributed by atoms with van der Waals surface area (Å²) in [6.07, 6.45) is 4.10. The fraction of sp³-hybridized carbons (Fsp3) is 0.529. The Kier molecular flexibility index (Phi) is 2.65. The van der Waals surface area contributed by atoms with Crippen molar-refractivity contribution in [3.63, 3.8) is 0 Å². The van der Waals surface area contributed by atoms with Gasteiger partial charge in [-0.3, -0.25) is 4.79 Å². The number of imidazole rings is 1. The molecule has 0 unspecified atom stereocenters. The molecule has 0 saturated heterocycles. The molecule has 4 heteroatoms. The highest BCUT2D eigenvalue weighted by Gasteiger charge is 2.57. The molecule has 2 aromatic rings. The number of hydrogen-bond acceptors (Lipinski definition) is 3. The van der Waals surface area contributed by atoms with Gasteiger partial charge in [-0.1, -0.05) is 6.07 Å². The van der Waals surface area contributed by atoms with E-state index in [1.165, 1.54) is 18.4 Å². The number of aryl methyl sites for hydroxylation is 1. The minimum atomic E-state index is -0.481. The molecule has 0 N–H and O–H groups in total. The Morgan fingerprint density at radius 2 is 2.19 bits per heavy atom. The van der Waals surface area contributed by atoms with E-state index in [0.29, 0.717) is 12.6 Å². The number of fused-ring (bicyclic) bond motifs is 1. The summed E-state index contributed by atoms with van der Waals surface area (Å²) in [7, 11) is 0. The van der Waals surface area contributed by atoms with E-state index in [9.17, 15) is 4.79 Å². The maximum atomic E-state index is 12.4. The van der Waals surface area contributed by atoms with Crippen molar-refractivity contribution in [3.05, 3.63) is 29.6 Å². The van der Waals surface area contributed by atoms with Gasteiger partial charge >= 0.3 is 5.97 Å². The Labute approximate surface area is 124 Å². The molecular formula is C17H20N2O2. The van der Waals surface area contributed by atoms with Crippen molar-refractivity contribution in [3.8, 4) is 0 Å². The number of ether oxygens (including phenoxy) is 1. The van der Waals surface area contributed by atoms with Crippen molar-refractivity contribution >= 4 is 17.0 Å². The molecule has 0 aliphatic heterocycles. The lowest BCUT2D eigenvalue weighted by Gasteiger charge is -2.15. The topological polar surface area (TPSA) is 44.1 Å².